The molecule has 0 saturated heterocycles. The summed E-state index contributed by atoms with van der Waals surface area (Å²) in [5, 5.41) is 14.4. The molecule has 26 heavy (non-hydrogen) atoms. The van der Waals surface area contributed by atoms with Crippen molar-refractivity contribution in [2.24, 2.45) is 0 Å². The first-order chi connectivity index (χ1) is 12.3. The van der Waals surface area contributed by atoms with Crippen molar-refractivity contribution in [2.75, 3.05) is 18.1 Å². The summed E-state index contributed by atoms with van der Waals surface area (Å²) in [5.74, 6) is 0.910. The van der Waals surface area contributed by atoms with Gasteiger partial charge in [0, 0.05) is 25.4 Å². The lowest BCUT2D eigenvalue weighted by atomic mass is 10.3. The van der Waals surface area contributed by atoms with Gasteiger partial charge in [-0.15, -0.1) is 0 Å². The number of rotatable bonds is 7. The number of thiophene rings is 1. The quantitative estimate of drug-likeness (QED) is 0.374. The van der Waals surface area contributed by atoms with Gasteiger partial charge >= 0.3 is 5.69 Å². The average Bonchev–Trinajstić information content (AvgIpc) is 3.12. The zero-order valence-electron chi connectivity index (χ0n) is 14.3. The maximum Gasteiger partial charge on any atom is 0.304 e. The molecule has 0 unspecified atom stereocenters. The largest absolute Gasteiger partial charge is 0.371 e. The Labute approximate surface area is 154 Å². The number of nitrogens with zero attached hydrogens (tertiary/aromatic N) is 3. The molecular weight excluding hydrogens is 376 g/mol. The van der Waals surface area contributed by atoms with Crippen LogP contribution in [0, 0.1) is 17.0 Å². The number of imidazole rings is 1. The van der Waals surface area contributed by atoms with E-state index in [1.165, 1.54) is 0 Å². The number of aryl methyl sites for hydroxylation is 2. The monoisotopic (exact) mass is 394 g/mol. The van der Waals surface area contributed by atoms with Crippen LogP contribution in [0.5, 0.6) is 0 Å². The summed E-state index contributed by atoms with van der Waals surface area (Å²) >= 11 is 0.889. The van der Waals surface area contributed by atoms with Gasteiger partial charge in [-0.2, -0.15) is 0 Å². The highest BCUT2D eigenvalue weighted by molar-refractivity contribution is 7.92. The van der Waals surface area contributed by atoms with E-state index < -0.39 is 14.8 Å². The molecule has 2 heterocycles. The molecule has 1 N–H and O–H groups in total. The van der Waals surface area contributed by atoms with Gasteiger partial charge in [-0.3, -0.25) is 10.1 Å². The van der Waals surface area contributed by atoms with E-state index in [9.17, 15) is 18.5 Å². The van der Waals surface area contributed by atoms with E-state index in [-0.39, 0.29) is 14.9 Å². The van der Waals surface area contributed by atoms with Crippen LogP contribution in [-0.2, 0) is 16.4 Å². The molecule has 10 heteroatoms. The Morgan fingerprint density at radius 2 is 2.08 bits per heavy atom. The minimum Gasteiger partial charge on any atom is -0.371 e. The lowest BCUT2D eigenvalue weighted by Crippen LogP contribution is -2.08. The van der Waals surface area contributed by atoms with Crippen molar-refractivity contribution in [3.05, 3.63) is 46.3 Å². The molecular formula is C16H18N4O4S2. The van der Waals surface area contributed by atoms with Gasteiger partial charge in [-0.25, -0.2) is 13.4 Å². The third-order valence-corrected chi connectivity index (χ3v) is 6.83. The van der Waals surface area contributed by atoms with E-state index in [1.54, 1.807) is 0 Å². The Hall–Kier alpha value is -2.46. The summed E-state index contributed by atoms with van der Waals surface area (Å²) in [6.07, 6.45) is 1.75. The molecule has 138 valence electrons. The lowest BCUT2D eigenvalue weighted by Gasteiger charge is -2.07. The normalized spacial score (nSPS) is 11.8. The first-order valence-electron chi connectivity index (χ1n) is 7.91. The van der Waals surface area contributed by atoms with Gasteiger partial charge in [0.1, 0.15) is 10.0 Å². The highest BCUT2D eigenvalue weighted by atomic mass is 32.2. The molecule has 0 aliphatic rings. The van der Waals surface area contributed by atoms with Crippen LogP contribution in [0.3, 0.4) is 0 Å². The van der Waals surface area contributed by atoms with Crippen molar-refractivity contribution in [1.29, 1.82) is 0 Å². The summed E-state index contributed by atoms with van der Waals surface area (Å²) in [6, 6.07) is 8.97. The number of nitro groups is 1. The molecule has 0 fully saturated rings. The van der Waals surface area contributed by atoms with Gasteiger partial charge in [-0.05, 0) is 25.5 Å². The van der Waals surface area contributed by atoms with Crippen LogP contribution < -0.4 is 5.32 Å². The van der Waals surface area contributed by atoms with Crippen LogP contribution in [-0.4, -0.2) is 35.7 Å². The van der Waals surface area contributed by atoms with E-state index in [0.29, 0.717) is 19.5 Å². The molecule has 8 nitrogen and oxygen atoms in total. The van der Waals surface area contributed by atoms with Crippen LogP contribution in [0.25, 0.3) is 11.0 Å². The number of fused-ring (bicyclic) bond motifs is 1. The SMILES string of the molecule is Cc1nc2ccccc2n1CCCNc1sc(S(C)(=O)=O)cc1[N+](=O)[O-]. The molecule has 3 aromatic rings. The summed E-state index contributed by atoms with van der Waals surface area (Å²) in [4.78, 5) is 15.1. The highest BCUT2D eigenvalue weighted by Crippen LogP contribution is 2.36. The van der Waals surface area contributed by atoms with E-state index in [4.69, 9.17) is 0 Å². The van der Waals surface area contributed by atoms with Gasteiger partial charge in [-0.1, -0.05) is 23.5 Å². The van der Waals surface area contributed by atoms with Crippen LogP contribution in [0.2, 0.25) is 0 Å². The predicted octanol–water partition coefficient (Wildman–Crippen LogP) is 3.22. The molecule has 0 radical (unpaired) electrons. The van der Waals surface area contributed by atoms with Crippen molar-refractivity contribution in [2.45, 2.75) is 24.1 Å². The first-order valence-corrected chi connectivity index (χ1v) is 10.6. The fraction of sp³-hybridized carbons (Fsp3) is 0.312. The van der Waals surface area contributed by atoms with Crippen LogP contribution in [0.15, 0.2) is 34.5 Å². The molecule has 1 aromatic carbocycles. The Kier molecular flexibility index (Phi) is 4.97. The molecule has 0 atom stereocenters. The predicted molar refractivity (Wildman–Crippen MR) is 102 cm³/mol. The van der Waals surface area contributed by atoms with E-state index in [2.05, 4.69) is 14.9 Å². The molecule has 0 spiro atoms. The zero-order chi connectivity index (χ0) is 18.9. The van der Waals surface area contributed by atoms with Gasteiger partial charge in [0.25, 0.3) is 0 Å². The molecule has 0 aliphatic heterocycles. The topological polar surface area (TPSA) is 107 Å². The number of aromatic nitrogens is 2. The third-order valence-electron chi connectivity index (χ3n) is 3.94. The summed E-state index contributed by atoms with van der Waals surface area (Å²) in [7, 11) is -3.47. The number of para-hydroxylation sites is 2. The van der Waals surface area contributed by atoms with E-state index in [0.717, 1.165) is 40.5 Å². The van der Waals surface area contributed by atoms with Gasteiger partial charge < -0.3 is 9.88 Å². The Morgan fingerprint density at radius 1 is 1.35 bits per heavy atom. The van der Waals surface area contributed by atoms with E-state index in [1.807, 2.05) is 31.2 Å². The highest BCUT2D eigenvalue weighted by Gasteiger charge is 2.23. The van der Waals surface area contributed by atoms with Crippen molar-refractivity contribution in [3.63, 3.8) is 0 Å². The second-order valence-corrected chi connectivity index (χ2v) is 9.18. The standard InChI is InChI=1S/C16H18N4O4S2/c1-11-18-12-6-3-4-7-13(12)19(11)9-5-8-17-16-14(20(21)22)10-15(25-16)26(2,23)24/h3-4,6-7,10,17H,5,8-9H2,1-2H3. The Balaban J connectivity index is 1.69. The molecule has 3 rings (SSSR count). The fourth-order valence-corrected chi connectivity index (χ4v) is 4.69. The van der Waals surface area contributed by atoms with Crippen LogP contribution in [0.1, 0.15) is 12.2 Å². The molecule has 0 saturated carbocycles. The average molecular weight is 394 g/mol. The number of nitrogens with one attached hydrogen (secondary N) is 1. The third kappa shape index (κ3) is 3.70. The van der Waals surface area contributed by atoms with Gasteiger partial charge in [0.15, 0.2) is 14.8 Å². The number of hydrogen-bond donors (Lipinski definition) is 1. The Bertz CT molecular complexity index is 1070. The summed E-state index contributed by atoms with van der Waals surface area (Å²) in [6.45, 7) is 3.13. The number of anilines is 1. The summed E-state index contributed by atoms with van der Waals surface area (Å²) in [5.41, 5.74) is 1.77. The summed E-state index contributed by atoms with van der Waals surface area (Å²) < 4.78 is 25.3. The molecule has 0 aliphatic carbocycles. The molecule has 0 amide bonds. The maximum atomic E-state index is 11.6. The minimum absolute atomic E-state index is 0.0110. The van der Waals surface area contributed by atoms with E-state index >= 15 is 0 Å². The fourth-order valence-electron chi connectivity index (χ4n) is 2.72. The molecule has 0 bridgehead atoms. The number of benzene rings is 1. The van der Waals surface area contributed by atoms with Crippen molar-refractivity contribution < 1.29 is 13.3 Å². The Morgan fingerprint density at radius 3 is 2.77 bits per heavy atom. The van der Waals surface area contributed by atoms with Crippen LogP contribution in [0.4, 0.5) is 10.7 Å². The number of sulfone groups is 1. The smallest absolute Gasteiger partial charge is 0.304 e. The maximum absolute atomic E-state index is 11.6. The number of hydrogen-bond acceptors (Lipinski definition) is 7. The first kappa shape index (κ1) is 18.3. The van der Waals surface area contributed by atoms with Gasteiger partial charge in [0.05, 0.1) is 16.0 Å². The van der Waals surface area contributed by atoms with Crippen molar-refractivity contribution in [3.8, 4) is 0 Å². The second kappa shape index (κ2) is 7.04. The van der Waals surface area contributed by atoms with Gasteiger partial charge in [0.2, 0.25) is 0 Å². The van der Waals surface area contributed by atoms with Crippen LogP contribution >= 0.6 is 11.3 Å². The second-order valence-electron chi connectivity index (χ2n) is 5.89. The zero-order valence-corrected chi connectivity index (χ0v) is 15.9. The lowest BCUT2D eigenvalue weighted by molar-refractivity contribution is -0.383. The minimum atomic E-state index is -3.47. The van der Waals surface area contributed by atoms with Crippen molar-refractivity contribution in [1.82, 2.24) is 9.55 Å². The van der Waals surface area contributed by atoms with Crippen molar-refractivity contribution >= 4 is 42.9 Å². The molecule has 2 aromatic heterocycles.